The van der Waals surface area contributed by atoms with Crippen molar-refractivity contribution >= 4 is 44.5 Å². The highest BCUT2D eigenvalue weighted by Crippen LogP contribution is 2.26. The van der Waals surface area contributed by atoms with Crippen LogP contribution in [0, 0.1) is 11.3 Å². The van der Waals surface area contributed by atoms with Crippen LogP contribution in [0.25, 0.3) is 0 Å². The molecule has 2 aliphatic heterocycles. The van der Waals surface area contributed by atoms with Crippen molar-refractivity contribution < 1.29 is 4.79 Å². The second-order valence-corrected chi connectivity index (χ2v) is 6.12. The molecular formula is C13H10BrN5OS. The van der Waals surface area contributed by atoms with Crippen LogP contribution in [0.15, 0.2) is 46.2 Å². The summed E-state index contributed by atoms with van der Waals surface area (Å²) in [5, 5.41) is 13.4. The molecule has 1 amide bonds. The number of halogens is 1. The number of amides is 1. The Labute approximate surface area is 134 Å². The van der Waals surface area contributed by atoms with Crippen molar-refractivity contribution in [3.8, 4) is 6.07 Å². The summed E-state index contributed by atoms with van der Waals surface area (Å²) in [4.78, 5) is 15.8. The summed E-state index contributed by atoms with van der Waals surface area (Å²) in [6.07, 6.45) is 2.94. The maximum absolute atomic E-state index is 12.5. The molecule has 0 aliphatic carbocycles. The first-order chi connectivity index (χ1) is 10.2. The van der Waals surface area contributed by atoms with Gasteiger partial charge >= 0.3 is 0 Å². The zero-order chi connectivity index (χ0) is 14.8. The van der Waals surface area contributed by atoms with E-state index in [-0.39, 0.29) is 5.91 Å². The summed E-state index contributed by atoms with van der Waals surface area (Å²) in [6.45, 7) is 0. The van der Waals surface area contributed by atoms with Crippen molar-refractivity contribution in [3.63, 3.8) is 0 Å². The molecule has 8 heteroatoms. The maximum atomic E-state index is 12.5. The Morgan fingerprint density at radius 2 is 2.14 bits per heavy atom. The SMILES string of the molecule is N#CCSC1=NNC2C(=O)N(c3ccc(Br)cc3)C=CN12. The van der Waals surface area contributed by atoms with Gasteiger partial charge in [0.05, 0.1) is 11.8 Å². The number of nitriles is 1. The summed E-state index contributed by atoms with van der Waals surface area (Å²) < 4.78 is 0.957. The summed E-state index contributed by atoms with van der Waals surface area (Å²) in [5.74, 6) is 0.179. The Morgan fingerprint density at radius 3 is 2.86 bits per heavy atom. The Kier molecular flexibility index (Phi) is 3.86. The largest absolute Gasteiger partial charge is 0.294 e. The number of amidine groups is 1. The molecule has 0 radical (unpaired) electrons. The van der Waals surface area contributed by atoms with E-state index in [1.807, 2.05) is 30.3 Å². The van der Waals surface area contributed by atoms with E-state index in [0.717, 1.165) is 10.2 Å². The third-order valence-electron chi connectivity index (χ3n) is 3.00. The Morgan fingerprint density at radius 1 is 1.38 bits per heavy atom. The lowest BCUT2D eigenvalue weighted by atomic mass is 10.2. The van der Waals surface area contributed by atoms with Gasteiger partial charge in [0.1, 0.15) is 0 Å². The van der Waals surface area contributed by atoms with Crippen LogP contribution < -0.4 is 10.3 Å². The minimum atomic E-state index is -0.556. The number of carbonyl (C=O) groups excluding carboxylic acids is 1. The first-order valence-electron chi connectivity index (χ1n) is 6.09. The van der Waals surface area contributed by atoms with E-state index in [1.165, 1.54) is 11.8 Å². The lowest BCUT2D eigenvalue weighted by molar-refractivity contribution is -0.122. The van der Waals surface area contributed by atoms with Gasteiger partial charge in [0.2, 0.25) is 6.17 Å². The predicted octanol–water partition coefficient (Wildman–Crippen LogP) is 2.03. The van der Waals surface area contributed by atoms with Crippen LogP contribution in [0.2, 0.25) is 0 Å². The van der Waals surface area contributed by atoms with E-state index in [1.54, 1.807) is 22.2 Å². The molecule has 0 saturated carbocycles. The minimum absolute atomic E-state index is 0.115. The number of carbonyl (C=O) groups is 1. The number of nitrogens with one attached hydrogen (secondary N) is 1. The average molecular weight is 364 g/mol. The van der Waals surface area contributed by atoms with Crippen molar-refractivity contribution in [3.05, 3.63) is 41.1 Å². The third-order valence-corrected chi connectivity index (χ3v) is 4.36. The van der Waals surface area contributed by atoms with Crippen LogP contribution in [-0.2, 0) is 4.79 Å². The number of anilines is 1. The Bertz CT molecular complexity index is 666. The fourth-order valence-electron chi connectivity index (χ4n) is 2.03. The average Bonchev–Trinajstić information content (AvgIpc) is 2.91. The van der Waals surface area contributed by atoms with E-state index < -0.39 is 6.17 Å². The number of hydrogen-bond acceptors (Lipinski definition) is 6. The molecule has 0 aromatic heterocycles. The zero-order valence-corrected chi connectivity index (χ0v) is 13.1. The van der Waals surface area contributed by atoms with Gasteiger partial charge in [-0.2, -0.15) is 10.4 Å². The van der Waals surface area contributed by atoms with Crippen molar-refractivity contribution in [1.29, 1.82) is 5.26 Å². The molecule has 1 aromatic carbocycles. The normalized spacial score (nSPS) is 19.9. The predicted molar refractivity (Wildman–Crippen MR) is 85.0 cm³/mol. The van der Waals surface area contributed by atoms with Crippen molar-refractivity contribution in [1.82, 2.24) is 10.3 Å². The number of hydrogen-bond donors (Lipinski definition) is 1. The smallest absolute Gasteiger partial charge is 0.276 e. The van der Waals surface area contributed by atoms with Gasteiger partial charge in [-0.1, -0.05) is 27.7 Å². The fraction of sp³-hybridized carbons (Fsp3) is 0.154. The monoisotopic (exact) mass is 363 g/mol. The first-order valence-corrected chi connectivity index (χ1v) is 7.87. The van der Waals surface area contributed by atoms with Gasteiger partial charge in [-0.15, -0.1) is 0 Å². The van der Waals surface area contributed by atoms with E-state index in [2.05, 4.69) is 26.5 Å². The molecule has 1 N–H and O–H groups in total. The standard InChI is InChI=1S/C13H10BrN5OS/c14-9-1-3-10(4-2-9)18-6-7-19-11(12(18)20)16-17-13(19)21-8-5-15/h1-4,6-7,11,16H,8H2. The molecule has 0 saturated heterocycles. The lowest BCUT2D eigenvalue weighted by Crippen LogP contribution is -2.52. The Balaban J connectivity index is 1.81. The molecule has 3 rings (SSSR count). The summed E-state index contributed by atoms with van der Waals surface area (Å²) in [5.41, 5.74) is 3.60. The molecule has 0 spiro atoms. The summed E-state index contributed by atoms with van der Waals surface area (Å²) >= 11 is 4.67. The summed E-state index contributed by atoms with van der Waals surface area (Å²) in [7, 11) is 0. The van der Waals surface area contributed by atoms with Crippen LogP contribution in [0.3, 0.4) is 0 Å². The molecule has 6 nitrogen and oxygen atoms in total. The van der Waals surface area contributed by atoms with E-state index in [9.17, 15) is 4.79 Å². The number of rotatable bonds is 2. The van der Waals surface area contributed by atoms with E-state index >= 15 is 0 Å². The van der Waals surface area contributed by atoms with Crippen molar-refractivity contribution in [2.75, 3.05) is 10.7 Å². The molecule has 2 aliphatic rings. The number of nitrogens with zero attached hydrogens (tertiary/aromatic N) is 4. The van der Waals surface area contributed by atoms with Gasteiger partial charge in [0, 0.05) is 22.6 Å². The van der Waals surface area contributed by atoms with Gasteiger partial charge in [0.25, 0.3) is 5.91 Å². The quantitative estimate of drug-likeness (QED) is 0.870. The van der Waals surface area contributed by atoms with E-state index in [0.29, 0.717) is 10.9 Å². The van der Waals surface area contributed by atoms with Gasteiger partial charge in [0.15, 0.2) is 5.17 Å². The molecule has 1 unspecified atom stereocenters. The molecule has 0 fully saturated rings. The molecule has 1 aromatic rings. The highest BCUT2D eigenvalue weighted by molar-refractivity contribution is 9.10. The van der Waals surface area contributed by atoms with Gasteiger partial charge in [-0.05, 0) is 24.3 Å². The topological polar surface area (TPSA) is 71.7 Å². The number of thioether (sulfide) groups is 1. The highest BCUT2D eigenvalue weighted by atomic mass is 79.9. The molecule has 2 heterocycles. The van der Waals surface area contributed by atoms with Gasteiger partial charge in [-0.3, -0.25) is 20.0 Å². The Hall–Kier alpha value is -1.98. The minimum Gasteiger partial charge on any atom is -0.294 e. The van der Waals surface area contributed by atoms with Gasteiger partial charge < -0.3 is 0 Å². The maximum Gasteiger partial charge on any atom is 0.276 e. The van der Waals surface area contributed by atoms with Crippen LogP contribution in [0.5, 0.6) is 0 Å². The molecular weight excluding hydrogens is 354 g/mol. The molecule has 0 bridgehead atoms. The van der Waals surface area contributed by atoms with Crippen LogP contribution >= 0.6 is 27.7 Å². The first kappa shape index (κ1) is 14.0. The van der Waals surface area contributed by atoms with Gasteiger partial charge in [-0.25, -0.2) is 0 Å². The van der Waals surface area contributed by atoms with Crippen molar-refractivity contribution in [2.24, 2.45) is 5.10 Å². The van der Waals surface area contributed by atoms with Crippen LogP contribution in [-0.4, -0.2) is 27.9 Å². The second kappa shape index (κ2) is 5.79. The second-order valence-electron chi connectivity index (χ2n) is 4.26. The number of fused-ring (bicyclic) bond motifs is 1. The number of benzene rings is 1. The lowest BCUT2D eigenvalue weighted by Gasteiger charge is -2.31. The third kappa shape index (κ3) is 2.62. The summed E-state index contributed by atoms with van der Waals surface area (Å²) in [6, 6.07) is 9.54. The molecule has 1 atom stereocenters. The van der Waals surface area contributed by atoms with E-state index in [4.69, 9.17) is 5.26 Å². The molecule has 21 heavy (non-hydrogen) atoms. The van der Waals surface area contributed by atoms with Crippen LogP contribution in [0.4, 0.5) is 5.69 Å². The molecule has 106 valence electrons. The zero-order valence-electron chi connectivity index (χ0n) is 10.7. The van der Waals surface area contributed by atoms with Crippen LogP contribution in [0.1, 0.15) is 0 Å². The fourth-order valence-corrected chi connectivity index (χ4v) is 2.92. The highest BCUT2D eigenvalue weighted by Gasteiger charge is 2.38. The van der Waals surface area contributed by atoms with Crippen molar-refractivity contribution in [2.45, 2.75) is 6.17 Å². The number of hydrazone groups is 1.